The Bertz CT molecular complexity index is 204. The summed E-state index contributed by atoms with van der Waals surface area (Å²) in [6.07, 6.45) is 6.64. The molecule has 0 unspecified atom stereocenters. The van der Waals surface area contributed by atoms with Gasteiger partial charge in [0.2, 0.25) is 0 Å². The maximum absolute atomic E-state index is 10.1. The van der Waals surface area contributed by atoms with Gasteiger partial charge in [-0.15, -0.1) is 0 Å². The van der Waals surface area contributed by atoms with E-state index in [1.54, 1.807) is 31.2 Å². The average molecular weight is 173 g/mol. The fraction of sp³-hybridized carbons (Fsp3) is 0.125. The van der Waals surface area contributed by atoms with Crippen LogP contribution in [0.4, 0.5) is 4.79 Å². The lowest BCUT2D eigenvalue weighted by molar-refractivity contribution is 0.203. The molecule has 0 aliphatic heterocycles. The summed E-state index contributed by atoms with van der Waals surface area (Å²) in [7, 11) is 0. The maximum atomic E-state index is 10.1. The predicted molar refractivity (Wildman–Crippen MR) is 45.4 cm³/mol. The van der Waals surface area contributed by atoms with E-state index >= 15 is 0 Å². The molecule has 0 saturated carbocycles. The molecule has 0 aromatic heterocycles. The highest BCUT2D eigenvalue weighted by Gasteiger charge is 1.94. The van der Waals surface area contributed by atoms with Gasteiger partial charge in [-0.3, -0.25) is 0 Å². The van der Waals surface area contributed by atoms with Crippen molar-refractivity contribution in [3.05, 3.63) is 36.6 Å². The summed E-state index contributed by atoms with van der Waals surface area (Å²) in [5.74, 6) is 0.447. The van der Waals surface area contributed by atoms with Gasteiger partial charge in [-0.2, -0.15) is 0 Å². The molecule has 0 spiro atoms. The molecule has 0 amide bonds. The highest BCUT2D eigenvalue weighted by atomic mass is 35.5. The zero-order chi connectivity index (χ0) is 8.69. The Morgan fingerprint density at radius 3 is 2.64 bits per heavy atom. The zero-order valence-electron chi connectivity index (χ0n) is 6.21. The molecule has 0 aromatic rings. The molecule has 0 radical (unpaired) electrons. The van der Waals surface area contributed by atoms with E-state index in [0.717, 1.165) is 0 Å². The van der Waals surface area contributed by atoms with Crippen molar-refractivity contribution in [2.24, 2.45) is 0 Å². The summed E-state index contributed by atoms with van der Waals surface area (Å²) in [6, 6.07) is 0. The van der Waals surface area contributed by atoms with Crippen molar-refractivity contribution >= 4 is 17.0 Å². The fourth-order valence-electron chi connectivity index (χ4n) is 0.430. The van der Waals surface area contributed by atoms with Crippen LogP contribution in [-0.2, 0) is 4.74 Å². The van der Waals surface area contributed by atoms with E-state index in [-0.39, 0.29) is 0 Å². The van der Waals surface area contributed by atoms with Crippen molar-refractivity contribution in [2.75, 3.05) is 0 Å². The molecule has 0 aliphatic rings. The number of ether oxygens (including phenoxy) is 1. The molecule has 0 fully saturated rings. The molecule has 0 heterocycles. The minimum atomic E-state index is -0.828. The van der Waals surface area contributed by atoms with Crippen LogP contribution in [-0.4, -0.2) is 5.43 Å². The first-order valence-electron chi connectivity index (χ1n) is 3.00. The third kappa shape index (κ3) is 6.87. The van der Waals surface area contributed by atoms with Gasteiger partial charge in [-0.25, -0.2) is 4.79 Å². The lowest BCUT2D eigenvalue weighted by Gasteiger charge is -1.94. The molecule has 2 nitrogen and oxygen atoms in total. The Kier molecular flexibility index (Phi) is 5.21. The first kappa shape index (κ1) is 9.98. The molecule has 0 bridgehead atoms. The second-order valence-corrected chi connectivity index (χ2v) is 2.05. The Morgan fingerprint density at radius 1 is 1.55 bits per heavy atom. The largest absolute Gasteiger partial charge is 0.419 e. The van der Waals surface area contributed by atoms with E-state index in [0.29, 0.717) is 5.76 Å². The van der Waals surface area contributed by atoms with Gasteiger partial charge in [-0.05, 0) is 13.0 Å². The Morgan fingerprint density at radius 2 is 2.18 bits per heavy atom. The highest BCUT2D eigenvalue weighted by molar-refractivity contribution is 6.61. The minimum absolute atomic E-state index is 0.447. The van der Waals surface area contributed by atoms with Gasteiger partial charge in [0.05, 0.1) is 0 Å². The molecule has 0 atom stereocenters. The second-order valence-electron chi connectivity index (χ2n) is 1.74. The summed E-state index contributed by atoms with van der Waals surface area (Å²) in [5, 5.41) is 0. The summed E-state index contributed by atoms with van der Waals surface area (Å²) < 4.78 is 4.50. The fourth-order valence-corrected chi connectivity index (χ4v) is 0.552. The van der Waals surface area contributed by atoms with Crippen LogP contribution in [0.3, 0.4) is 0 Å². The van der Waals surface area contributed by atoms with E-state index in [1.165, 1.54) is 0 Å². The lowest BCUT2D eigenvalue weighted by atomic mass is 10.4. The van der Waals surface area contributed by atoms with Gasteiger partial charge in [0, 0.05) is 11.6 Å². The number of carbonyl (C=O) groups excluding carboxylic acids is 1. The van der Waals surface area contributed by atoms with Crippen molar-refractivity contribution in [3.8, 4) is 0 Å². The smallest absolute Gasteiger partial charge is 0.408 e. The lowest BCUT2D eigenvalue weighted by Crippen LogP contribution is -1.89. The number of halogens is 1. The van der Waals surface area contributed by atoms with Gasteiger partial charge < -0.3 is 4.74 Å². The molecule has 0 N–H and O–H groups in total. The number of hydrogen-bond acceptors (Lipinski definition) is 2. The zero-order valence-corrected chi connectivity index (χ0v) is 6.97. The highest BCUT2D eigenvalue weighted by Crippen LogP contribution is 1.99. The minimum Gasteiger partial charge on any atom is -0.419 e. The van der Waals surface area contributed by atoms with E-state index < -0.39 is 5.43 Å². The third-order valence-electron chi connectivity index (χ3n) is 0.819. The Hall–Kier alpha value is -1.02. The van der Waals surface area contributed by atoms with Crippen LogP contribution in [0.15, 0.2) is 36.6 Å². The molecule has 0 rings (SSSR count). The molecule has 0 saturated heterocycles. The van der Waals surface area contributed by atoms with Gasteiger partial charge in [0.15, 0.2) is 0 Å². The van der Waals surface area contributed by atoms with E-state index in [4.69, 9.17) is 11.6 Å². The summed E-state index contributed by atoms with van der Waals surface area (Å²) in [4.78, 5) is 10.1. The number of rotatable bonds is 3. The molecule has 3 heteroatoms. The quantitative estimate of drug-likeness (QED) is 0.372. The van der Waals surface area contributed by atoms with Crippen molar-refractivity contribution in [3.63, 3.8) is 0 Å². The van der Waals surface area contributed by atoms with Gasteiger partial charge >= 0.3 is 5.43 Å². The van der Waals surface area contributed by atoms with Gasteiger partial charge in [-0.1, -0.05) is 24.8 Å². The number of carbonyl (C=O) groups is 1. The molecule has 0 aromatic carbocycles. The molecule has 0 aliphatic carbocycles. The average Bonchev–Trinajstić information content (AvgIpc) is 1.86. The van der Waals surface area contributed by atoms with Crippen molar-refractivity contribution in [2.45, 2.75) is 6.92 Å². The van der Waals surface area contributed by atoms with Gasteiger partial charge in [0.1, 0.15) is 5.76 Å². The third-order valence-corrected chi connectivity index (χ3v) is 0.897. The van der Waals surface area contributed by atoms with Crippen LogP contribution >= 0.6 is 11.6 Å². The van der Waals surface area contributed by atoms with Crippen LogP contribution in [0, 0.1) is 0 Å². The summed E-state index contributed by atoms with van der Waals surface area (Å²) in [5.41, 5.74) is -0.828. The Balaban J connectivity index is 3.90. The van der Waals surface area contributed by atoms with E-state index in [9.17, 15) is 4.79 Å². The first-order chi connectivity index (χ1) is 5.16. The second kappa shape index (κ2) is 5.74. The monoisotopic (exact) mass is 172 g/mol. The topological polar surface area (TPSA) is 26.3 Å². The van der Waals surface area contributed by atoms with E-state index in [1.807, 2.05) is 0 Å². The molecule has 60 valence electrons. The molecule has 11 heavy (non-hydrogen) atoms. The van der Waals surface area contributed by atoms with Crippen LogP contribution in [0.1, 0.15) is 6.92 Å². The maximum Gasteiger partial charge on any atom is 0.408 e. The van der Waals surface area contributed by atoms with Crippen molar-refractivity contribution < 1.29 is 9.53 Å². The number of hydrogen-bond donors (Lipinski definition) is 0. The van der Waals surface area contributed by atoms with Crippen molar-refractivity contribution in [1.29, 1.82) is 0 Å². The standard InChI is InChI=1S/C8H9ClO2/c1-3-4-5-6-7(2)11-8(9)10/h3-6H,1H2,2H3/b5-4-,7-6+. The van der Waals surface area contributed by atoms with Crippen LogP contribution in [0.5, 0.6) is 0 Å². The summed E-state index contributed by atoms with van der Waals surface area (Å²) >= 11 is 4.94. The first-order valence-corrected chi connectivity index (χ1v) is 3.38. The number of allylic oxidation sites excluding steroid dienone is 5. The Labute approximate surface area is 70.8 Å². The van der Waals surface area contributed by atoms with Crippen molar-refractivity contribution in [1.82, 2.24) is 0 Å². The summed E-state index contributed by atoms with van der Waals surface area (Å²) in [6.45, 7) is 5.10. The van der Waals surface area contributed by atoms with Crippen LogP contribution < -0.4 is 0 Å². The van der Waals surface area contributed by atoms with Crippen LogP contribution in [0.25, 0.3) is 0 Å². The SMILES string of the molecule is C=C/C=C\C=C(/C)OC(=O)Cl. The van der Waals surface area contributed by atoms with Crippen LogP contribution in [0.2, 0.25) is 0 Å². The normalized spacial score (nSPS) is 11.6. The molecular formula is C8H9ClO2. The van der Waals surface area contributed by atoms with Gasteiger partial charge in [0.25, 0.3) is 0 Å². The van der Waals surface area contributed by atoms with E-state index in [2.05, 4.69) is 11.3 Å². The molecular weight excluding hydrogens is 164 g/mol. The predicted octanol–water partition coefficient (Wildman–Crippen LogP) is 3.01.